The van der Waals surface area contributed by atoms with Crippen LogP contribution in [0.3, 0.4) is 0 Å². The average Bonchev–Trinajstić information content (AvgIpc) is 2.52. The van der Waals surface area contributed by atoms with Gasteiger partial charge >= 0.3 is 0 Å². The van der Waals surface area contributed by atoms with Crippen LogP contribution in [0.5, 0.6) is 0 Å². The molecule has 25 heavy (non-hydrogen) atoms. The maximum Gasteiger partial charge on any atom is 0.0554 e. The summed E-state index contributed by atoms with van der Waals surface area (Å²) in [7, 11) is 8.97. The molecule has 1 saturated heterocycles. The third-order valence-corrected chi connectivity index (χ3v) is 3.89. The standard InChI is InChI=1S/C14H32N4.2CHNS.Ni/c1-15-7-5-8-17(3)13-14-18(4)10-6-9-16(2)12-11-15;2*2-1-3;/h5-14H2,1-4H3;2*2H;. The van der Waals surface area contributed by atoms with Gasteiger partial charge in [-0.05, 0) is 91.6 Å². The summed E-state index contributed by atoms with van der Waals surface area (Å²) in [5.41, 5.74) is 0. The molecule has 0 bridgehead atoms. The zero-order chi connectivity index (χ0) is 18.8. The van der Waals surface area contributed by atoms with Crippen LogP contribution in [0.2, 0.25) is 0 Å². The zero-order valence-electron chi connectivity index (χ0n) is 16.0. The Labute approximate surface area is 174 Å². The van der Waals surface area contributed by atoms with Crippen molar-refractivity contribution >= 4 is 34.8 Å². The Morgan fingerprint density at radius 2 is 0.720 bits per heavy atom. The molecular formula is C16H34N6NiS2. The first-order valence-electron chi connectivity index (χ1n) is 8.23. The van der Waals surface area contributed by atoms with Gasteiger partial charge in [-0.2, -0.15) is 0 Å². The molecule has 0 unspecified atom stereocenters. The number of nitrogens with one attached hydrogen (secondary N) is 2. The fraction of sp³-hybridized carbons (Fsp3) is 0.875. The third kappa shape index (κ3) is 23.9. The van der Waals surface area contributed by atoms with Crippen molar-refractivity contribution in [2.24, 2.45) is 0 Å². The number of rotatable bonds is 0. The molecule has 0 aliphatic carbocycles. The maximum absolute atomic E-state index is 5.77. The van der Waals surface area contributed by atoms with E-state index in [1.54, 1.807) is 10.3 Å². The minimum atomic E-state index is 0. The Morgan fingerprint density at radius 3 is 0.880 bits per heavy atom. The van der Waals surface area contributed by atoms with E-state index in [0.717, 1.165) is 0 Å². The van der Waals surface area contributed by atoms with Gasteiger partial charge in [0.25, 0.3) is 0 Å². The maximum atomic E-state index is 5.77. The normalized spacial score (nSPS) is 19.4. The quantitative estimate of drug-likeness (QED) is 0.346. The first kappa shape index (κ1) is 29.7. The Bertz CT molecular complexity index is 307. The van der Waals surface area contributed by atoms with Crippen molar-refractivity contribution in [1.29, 1.82) is 10.8 Å². The van der Waals surface area contributed by atoms with E-state index in [0.29, 0.717) is 0 Å². The molecule has 9 heteroatoms. The Hall–Kier alpha value is -0.0665. The summed E-state index contributed by atoms with van der Waals surface area (Å²) in [6.07, 6.45) is 2.56. The van der Waals surface area contributed by atoms with Gasteiger partial charge in [-0.1, -0.05) is 0 Å². The predicted octanol–water partition coefficient (Wildman–Crippen LogP) is 1.84. The molecule has 1 rings (SSSR count). The van der Waals surface area contributed by atoms with E-state index in [2.05, 4.69) is 72.2 Å². The van der Waals surface area contributed by atoms with E-state index in [1.807, 2.05) is 0 Å². The van der Waals surface area contributed by atoms with Crippen molar-refractivity contribution < 1.29 is 16.5 Å². The van der Waals surface area contributed by atoms with Gasteiger partial charge in [0.15, 0.2) is 0 Å². The second-order valence-corrected chi connectivity index (χ2v) is 6.53. The molecule has 150 valence electrons. The van der Waals surface area contributed by atoms with E-state index < -0.39 is 0 Å². The SMILES string of the molecule is CN1CCCN(C)CCN(C)CCCN(C)CC1.N=C=S.N=C=S.[Ni]. The van der Waals surface area contributed by atoms with Crippen LogP contribution in [0.15, 0.2) is 0 Å². The van der Waals surface area contributed by atoms with Crippen molar-refractivity contribution in [3.8, 4) is 0 Å². The number of likely N-dealkylation sites (N-methyl/N-ethyl adjacent to an activating group) is 4. The van der Waals surface area contributed by atoms with Crippen LogP contribution in [0.1, 0.15) is 12.8 Å². The molecule has 0 aromatic rings. The first-order valence-corrected chi connectivity index (χ1v) is 9.04. The van der Waals surface area contributed by atoms with E-state index in [4.69, 9.17) is 10.8 Å². The van der Waals surface area contributed by atoms with Crippen LogP contribution in [-0.4, -0.2) is 110 Å². The van der Waals surface area contributed by atoms with Gasteiger partial charge in [-0.3, -0.25) is 0 Å². The number of hydrogen-bond acceptors (Lipinski definition) is 8. The van der Waals surface area contributed by atoms with Crippen molar-refractivity contribution in [1.82, 2.24) is 19.6 Å². The van der Waals surface area contributed by atoms with E-state index >= 15 is 0 Å². The van der Waals surface area contributed by atoms with E-state index in [-0.39, 0.29) is 16.5 Å². The number of thiocarbonyl (C=S) groups is 2. The van der Waals surface area contributed by atoms with Gasteiger partial charge in [-0.25, -0.2) is 10.8 Å². The molecule has 1 fully saturated rings. The number of hydrogen-bond donors (Lipinski definition) is 2. The molecule has 0 aromatic carbocycles. The molecular weight excluding hydrogens is 399 g/mol. The van der Waals surface area contributed by atoms with Gasteiger partial charge in [0.2, 0.25) is 0 Å². The first-order chi connectivity index (χ1) is 11.4. The molecule has 0 atom stereocenters. The molecule has 0 spiro atoms. The van der Waals surface area contributed by atoms with Gasteiger partial charge in [0, 0.05) is 42.7 Å². The van der Waals surface area contributed by atoms with Crippen molar-refractivity contribution in [2.45, 2.75) is 12.8 Å². The van der Waals surface area contributed by atoms with Crippen molar-refractivity contribution in [3.05, 3.63) is 0 Å². The van der Waals surface area contributed by atoms with Gasteiger partial charge in [0.05, 0.1) is 10.3 Å². The van der Waals surface area contributed by atoms with Crippen LogP contribution < -0.4 is 0 Å². The topological polar surface area (TPSA) is 60.7 Å². The molecule has 0 amide bonds. The number of nitrogens with zero attached hydrogens (tertiary/aromatic N) is 4. The van der Waals surface area contributed by atoms with Crippen LogP contribution in [0, 0.1) is 10.8 Å². The predicted molar refractivity (Wildman–Crippen MR) is 110 cm³/mol. The van der Waals surface area contributed by atoms with E-state index in [1.165, 1.54) is 65.2 Å². The summed E-state index contributed by atoms with van der Waals surface area (Å²) in [5.74, 6) is 0. The molecule has 1 aliphatic rings. The molecule has 1 heterocycles. The van der Waals surface area contributed by atoms with Crippen LogP contribution in [0.25, 0.3) is 0 Å². The molecule has 0 saturated carbocycles. The second-order valence-electron chi connectivity index (χ2n) is 6.12. The Kier molecular flexibility index (Phi) is 26.1. The van der Waals surface area contributed by atoms with Gasteiger partial charge < -0.3 is 19.6 Å². The van der Waals surface area contributed by atoms with E-state index in [9.17, 15) is 0 Å². The summed E-state index contributed by atoms with van der Waals surface area (Å²) >= 11 is 7.62. The van der Waals surface area contributed by atoms with Crippen molar-refractivity contribution in [2.75, 3.05) is 80.5 Å². The summed E-state index contributed by atoms with van der Waals surface area (Å²) in [6.45, 7) is 9.63. The van der Waals surface area contributed by atoms with Crippen molar-refractivity contribution in [3.63, 3.8) is 0 Å². The van der Waals surface area contributed by atoms with Gasteiger partial charge in [0.1, 0.15) is 0 Å². The smallest absolute Gasteiger partial charge is 0.0554 e. The Balaban J connectivity index is -0.000000606. The summed E-state index contributed by atoms with van der Waals surface area (Å²) in [6, 6.07) is 0. The second kappa shape index (κ2) is 22.0. The molecule has 0 radical (unpaired) electrons. The molecule has 2 N–H and O–H groups in total. The fourth-order valence-corrected chi connectivity index (χ4v) is 2.35. The average molecular weight is 433 g/mol. The van der Waals surface area contributed by atoms with Crippen LogP contribution >= 0.6 is 24.4 Å². The van der Waals surface area contributed by atoms with Crippen LogP contribution in [0.4, 0.5) is 0 Å². The zero-order valence-corrected chi connectivity index (χ0v) is 18.6. The minimum absolute atomic E-state index is 0. The largest absolute Gasteiger partial charge is 0.305 e. The summed E-state index contributed by atoms with van der Waals surface area (Å²) in [5, 5.41) is 14.7. The summed E-state index contributed by atoms with van der Waals surface area (Å²) < 4.78 is 0. The molecule has 1 aliphatic heterocycles. The molecule has 0 aromatic heterocycles. The minimum Gasteiger partial charge on any atom is -0.305 e. The fourth-order valence-electron chi connectivity index (χ4n) is 2.35. The third-order valence-electron chi connectivity index (χ3n) is 3.89. The van der Waals surface area contributed by atoms with Gasteiger partial charge in [-0.15, -0.1) is 0 Å². The number of isothiocyanates is 2. The summed E-state index contributed by atoms with van der Waals surface area (Å²) in [4.78, 5) is 9.84. The Morgan fingerprint density at radius 1 is 0.560 bits per heavy atom. The van der Waals surface area contributed by atoms with Crippen LogP contribution in [-0.2, 0) is 16.5 Å². The molecule has 6 nitrogen and oxygen atoms in total. The monoisotopic (exact) mass is 432 g/mol.